The summed E-state index contributed by atoms with van der Waals surface area (Å²) in [5, 5.41) is 20.5. The third-order valence-electron chi connectivity index (χ3n) is 2.30. The minimum absolute atomic E-state index is 0.0714. The number of hydrogen-bond donors (Lipinski definition) is 1. The molecular formula is C10H10N4O3. The molecule has 0 aliphatic carbocycles. The second-order valence-corrected chi connectivity index (χ2v) is 3.44. The zero-order valence-electron chi connectivity index (χ0n) is 8.80. The standard InChI is InChI=1S/C10H10N4O3/c15-9(8-2-1-3-11-6-8)7-13-5-4-12-10(13)14(16)17/h1-6,9,15H,7H2/t9-/m1/s1. The maximum Gasteiger partial charge on any atom is 0.434 e. The average Bonchev–Trinajstić information content (AvgIpc) is 2.78. The molecule has 0 bridgehead atoms. The van der Waals surface area contributed by atoms with Crippen molar-refractivity contribution in [3.05, 3.63) is 52.6 Å². The second-order valence-electron chi connectivity index (χ2n) is 3.44. The lowest BCUT2D eigenvalue weighted by Crippen LogP contribution is -2.10. The number of nitro groups is 1. The third-order valence-corrected chi connectivity index (χ3v) is 2.30. The van der Waals surface area contributed by atoms with Crippen LogP contribution in [0, 0.1) is 10.1 Å². The van der Waals surface area contributed by atoms with Crippen LogP contribution in [0.3, 0.4) is 0 Å². The number of aliphatic hydroxyl groups is 1. The van der Waals surface area contributed by atoms with Gasteiger partial charge in [0.05, 0.1) is 0 Å². The topological polar surface area (TPSA) is 94.1 Å². The van der Waals surface area contributed by atoms with Gasteiger partial charge in [-0.1, -0.05) is 11.1 Å². The number of rotatable bonds is 4. The molecule has 0 saturated heterocycles. The van der Waals surface area contributed by atoms with E-state index in [-0.39, 0.29) is 12.5 Å². The molecule has 0 fully saturated rings. The van der Waals surface area contributed by atoms with Crippen LogP contribution >= 0.6 is 0 Å². The number of hydrogen-bond acceptors (Lipinski definition) is 5. The first-order chi connectivity index (χ1) is 8.18. The van der Waals surface area contributed by atoms with Gasteiger partial charge in [0.2, 0.25) is 0 Å². The fourth-order valence-corrected chi connectivity index (χ4v) is 1.48. The first-order valence-electron chi connectivity index (χ1n) is 4.92. The van der Waals surface area contributed by atoms with Crippen molar-refractivity contribution in [3.63, 3.8) is 0 Å². The molecule has 1 N–H and O–H groups in total. The van der Waals surface area contributed by atoms with Crippen molar-refractivity contribution in [2.24, 2.45) is 0 Å². The summed E-state index contributed by atoms with van der Waals surface area (Å²) < 4.78 is 1.29. The van der Waals surface area contributed by atoms with Crippen LogP contribution in [0.5, 0.6) is 0 Å². The zero-order valence-corrected chi connectivity index (χ0v) is 8.80. The van der Waals surface area contributed by atoms with Crippen molar-refractivity contribution >= 4 is 5.95 Å². The molecule has 0 unspecified atom stereocenters. The van der Waals surface area contributed by atoms with Gasteiger partial charge in [-0.05, 0) is 11.0 Å². The highest BCUT2D eigenvalue weighted by atomic mass is 16.6. The van der Waals surface area contributed by atoms with Crippen molar-refractivity contribution in [1.29, 1.82) is 0 Å². The molecule has 2 rings (SSSR count). The van der Waals surface area contributed by atoms with Gasteiger partial charge in [0, 0.05) is 18.0 Å². The highest BCUT2D eigenvalue weighted by molar-refractivity contribution is 5.13. The van der Waals surface area contributed by atoms with Gasteiger partial charge in [-0.3, -0.25) is 4.98 Å². The largest absolute Gasteiger partial charge is 0.434 e. The smallest absolute Gasteiger partial charge is 0.390 e. The summed E-state index contributed by atoms with van der Waals surface area (Å²) in [6.45, 7) is 0.0714. The molecule has 0 saturated carbocycles. The Bertz CT molecular complexity index is 511. The van der Waals surface area contributed by atoms with E-state index in [1.165, 1.54) is 23.2 Å². The minimum Gasteiger partial charge on any atom is -0.390 e. The normalized spacial score (nSPS) is 12.3. The first-order valence-corrected chi connectivity index (χ1v) is 4.92. The molecule has 0 aliphatic rings. The van der Waals surface area contributed by atoms with Gasteiger partial charge >= 0.3 is 5.95 Å². The van der Waals surface area contributed by atoms with E-state index in [4.69, 9.17) is 0 Å². The Kier molecular flexibility index (Phi) is 3.10. The average molecular weight is 234 g/mol. The summed E-state index contributed by atoms with van der Waals surface area (Å²) >= 11 is 0. The maximum atomic E-state index is 10.6. The molecular weight excluding hydrogens is 224 g/mol. The minimum atomic E-state index is -0.850. The van der Waals surface area contributed by atoms with E-state index in [2.05, 4.69) is 9.97 Å². The fraction of sp³-hybridized carbons (Fsp3) is 0.200. The lowest BCUT2D eigenvalue weighted by Gasteiger charge is -2.09. The van der Waals surface area contributed by atoms with E-state index in [0.29, 0.717) is 5.56 Å². The molecule has 2 aromatic rings. The SMILES string of the molecule is O=[N+]([O-])c1nccn1C[C@@H](O)c1cccnc1. The molecule has 88 valence electrons. The number of aliphatic hydroxyl groups excluding tert-OH is 1. The van der Waals surface area contributed by atoms with Crippen LogP contribution in [0.4, 0.5) is 5.95 Å². The predicted octanol–water partition coefficient (Wildman–Crippen LogP) is 0.920. The van der Waals surface area contributed by atoms with Gasteiger partial charge in [0.25, 0.3) is 0 Å². The molecule has 0 radical (unpaired) electrons. The summed E-state index contributed by atoms with van der Waals surface area (Å²) in [4.78, 5) is 17.5. The van der Waals surface area contributed by atoms with Gasteiger partial charge in [-0.15, -0.1) is 0 Å². The van der Waals surface area contributed by atoms with Crippen molar-refractivity contribution in [2.45, 2.75) is 12.6 Å². The molecule has 0 aliphatic heterocycles. The van der Waals surface area contributed by atoms with Crippen LogP contribution < -0.4 is 0 Å². The van der Waals surface area contributed by atoms with Gasteiger partial charge in [0.1, 0.15) is 25.0 Å². The summed E-state index contributed by atoms with van der Waals surface area (Å²) in [6.07, 6.45) is 5.05. The summed E-state index contributed by atoms with van der Waals surface area (Å²) in [7, 11) is 0. The van der Waals surface area contributed by atoms with Gasteiger partial charge in [0.15, 0.2) is 0 Å². The maximum absolute atomic E-state index is 10.6. The Balaban J connectivity index is 2.16. The zero-order chi connectivity index (χ0) is 12.3. The fourth-order valence-electron chi connectivity index (χ4n) is 1.48. The number of pyridine rings is 1. The number of nitrogens with zero attached hydrogens (tertiary/aromatic N) is 4. The Morgan fingerprint density at radius 1 is 1.53 bits per heavy atom. The Labute approximate surface area is 96.5 Å². The molecule has 17 heavy (non-hydrogen) atoms. The molecule has 0 amide bonds. The Morgan fingerprint density at radius 3 is 3.00 bits per heavy atom. The molecule has 7 nitrogen and oxygen atoms in total. The second kappa shape index (κ2) is 4.71. The summed E-state index contributed by atoms with van der Waals surface area (Å²) in [5.74, 6) is -0.284. The third kappa shape index (κ3) is 2.45. The highest BCUT2D eigenvalue weighted by Crippen LogP contribution is 2.16. The van der Waals surface area contributed by atoms with Crippen molar-refractivity contribution in [2.75, 3.05) is 0 Å². The first kappa shape index (κ1) is 11.2. The van der Waals surface area contributed by atoms with E-state index < -0.39 is 11.0 Å². The molecule has 0 spiro atoms. The van der Waals surface area contributed by atoms with Gasteiger partial charge in [-0.2, -0.15) is 0 Å². The van der Waals surface area contributed by atoms with Crippen molar-refractivity contribution in [1.82, 2.24) is 14.5 Å². The van der Waals surface area contributed by atoms with Crippen molar-refractivity contribution < 1.29 is 10.0 Å². The van der Waals surface area contributed by atoms with Gasteiger partial charge < -0.3 is 15.2 Å². The molecule has 1 atom stereocenters. The Hall–Kier alpha value is -2.28. The number of imidazole rings is 1. The van der Waals surface area contributed by atoms with Crippen molar-refractivity contribution in [3.8, 4) is 0 Å². The van der Waals surface area contributed by atoms with Crippen LogP contribution in [0.1, 0.15) is 11.7 Å². The molecule has 2 heterocycles. The van der Waals surface area contributed by atoms with Gasteiger partial charge in [-0.25, -0.2) is 4.57 Å². The lowest BCUT2D eigenvalue weighted by atomic mass is 10.1. The molecule has 0 aromatic carbocycles. The highest BCUT2D eigenvalue weighted by Gasteiger charge is 2.18. The predicted molar refractivity (Wildman–Crippen MR) is 58.1 cm³/mol. The summed E-state index contributed by atoms with van der Waals surface area (Å²) in [6, 6.07) is 3.40. The van der Waals surface area contributed by atoms with E-state index in [0.717, 1.165) is 0 Å². The van der Waals surface area contributed by atoms with Crippen LogP contribution in [-0.2, 0) is 6.54 Å². The lowest BCUT2D eigenvalue weighted by molar-refractivity contribution is -0.397. The van der Waals surface area contributed by atoms with E-state index in [1.54, 1.807) is 18.3 Å². The van der Waals surface area contributed by atoms with Crippen LogP contribution in [0.15, 0.2) is 36.9 Å². The number of aromatic nitrogens is 3. The Morgan fingerprint density at radius 2 is 2.35 bits per heavy atom. The van der Waals surface area contributed by atoms with E-state index >= 15 is 0 Å². The van der Waals surface area contributed by atoms with Crippen LogP contribution in [0.25, 0.3) is 0 Å². The molecule has 7 heteroatoms. The monoisotopic (exact) mass is 234 g/mol. The molecule has 2 aromatic heterocycles. The van der Waals surface area contributed by atoms with Crippen LogP contribution in [-0.4, -0.2) is 24.6 Å². The quantitative estimate of drug-likeness (QED) is 0.627. The summed E-state index contributed by atoms with van der Waals surface area (Å²) in [5.41, 5.74) is 0.607. The van der Waals surface area contributed by atoms with Crippen LogP contribution in [0.2, 0.25) is 0 Å². The van der Waals surface area contributed by atoms with E-state index in [1.807, 2.05) is 0 Å². The van der Waals surface area contributed by atoms with E-state index in [9.17, 15) is 15.2 Å².